The van der Waals surface area contributed by atoms with Gasteiger partial charge in [0.05, 0.1) is 11.7 Å². The summed E-state index contributed by atoms with van der Waals surface area (Å²) >= 11 is 2.10. The maximum Gasteiger partial charge on any atom is 0.114 e. The molecule has 0 N–H and O–H groups in total. The molecule has 2 nitrogen and oxygen atoms in total. The Balaban J connectivity index is 1.94. The van der Waals surface area contributed by atoms with Crippen LogP contribution in [0.5, 0.6) is 0 Å². The lowest BCUT2D eigenvalue weighted by Crippen LogP contribution is -2.06. The lowest BCUT2D eigenvalue weighted by Gasteiger charge is -2.07. The molecule has 0 aliphatic carbocycles. The van der Waals surface area contributed by atoms with E-state index in [0.717, 1.165) is 11.7 Å². The summed E-state index contributed by atoms with van der Waals surface area (Å²) in [5.41, 5.74) is 2.56. The summed E-state index contributed by atoms with van der Waals surface area (Å²) in [6, 6.07) is 4.25. The maximum atomic E-state index is 4.57. The number of pyridine rings is 1. The standard InChI is InChI=1S/C13H16N2S/c1-10-4-2-6-15-12(10)9-14-13(15)8-11-5-3-7-16-11/h2,4,6,9,11H,3,5,7-8H2,1H3. The molecule has 1 saturated heterocycles. The number of rotatable bonds is 2. The predicted octanol–water partition coefficient (Wildman–Crippen LogP) is 3.08. The summed E-state index contributed by atoms with van der Waals surface area (Å²) in [6.07, 6.45) is 7.97. The Hall–Kier alpha value is -0.960. The van der Waals surface area contributed by atoms with Crippen molar-refractivity contribution in [2.75, 3.05) is 5.75 Å². The first-order valence-electron chi connectivity index (χ1n) is 5.88. The fraction of sp³-hybridized carbons (Fsp3) is 0.462. The first-order valence-corrected chi connectivity index (χ1v) is 6.92. The molecule has 3 heterocycles. The number of nitrogens with zero attached hydrogens (tertiary/aromatic N) is 2. The molecule has 0 aromatic carbocycles. The topological polar surface area (TPSA) is 17.3 Å². The summed E-state index contributed by atoms with van der Waals surface area (Å²) in [6.45, 7) is 2.14. The number of hydrogen-bond acceptors (Lipinski definition) is 2. The van der Waals surface area contributed by atoms with E-state index < -0.39 is 0 Å². The molecule has 0 radical (unpaired) electrons. The van der Waals surface area contributed by atoms with E-state index in [4.69, 9.17) is 0 Å². The minimum atomic E-state index is 0.783. The summed E-state index contributed by atoms with van der Waals surface area (Å²) in [4.78, 5) is 4.57. The minimum Gasteiger partial charge on any atom is -0.303 e. The Morgan fingerprint density at radius 1 is 1.56 bits per heavy atom. The van der Waals surface area contributed by atoms with Crippen LogP contribution in [-0.4, -0.2) is 20.4 Å². The maximum absolute atomic E-state index is 4.57. The molecule has 2 aromatic rings. The van der Waals surface area contributed by atoms with Crippen LogP contribution in [0.3, 0.4) is 0 Å². The van der Waals surface area contributed by atoms with Gasteiger partial charge < -0.3 is 4.40 Å². The lowest BCUT2D eigenvalue weighted by atomic mass is 10.2. The Morgan fingerprint density at radius 2 is 2.50 bits per heavy atom. The van der Waals surface area contributed by atoms with Gasteiger partial charge in [-0.25, -0.2) is 4.98 Å². The van der Waals surface area contributed by atoms with Gasteiger partial charge >= 0.3 is 0 Å². The normalized spacial score (nSPS) is 20.7. The lowest BCUT2D eigenvalue weighted by molar-refractivity contribution is 0.743. The molecule has 3 rings (SSSR count). The van der Waals surface area contributed by atoms with Gasteiger partial charge in [0.25, 0.3) is 0 Å². The number of fused-ring (bicyclic) bond motifs is 1. The quantitative estimate of drug-likeness (QED) is 0.791. The Kier molecular flexibility index (Phi) is 2.64. The summed E-state index contributed by atoms with van der Waals surface area (Å²) in [5, 5.41) is 0.783. The van der Waals surface area contributed by atoms with Crippen LogP contribution in [0.2, 0.25) is 0 Å². The van der Waals surface area contributed by atoms with Crippen LogP contribution in [0.1, 0.15) is 24.2 Å². The van der Waals surface area contributed by atoms with E-state index in [-0.39, 0.29) is 0 Å². The van der Waals surface area contributed by atoms with Crippen molar-refractivity contribution in [1.29, 1.82) is 0 Å². The molecule has 1 fully saturated rings. The highest BCUT2D eigenvalue weighted by Gasteiger charge is 2.18. The van der Waals surface area contributed by atoms with Crippen LogP contribution < -0.4 is 0 Å². The van der Waals surface area contributed by atoms with Gasteiger partial charge in [-0.15, -0.1) is 0 Å². The highest BCUT2D eigenvalue weighted by molar-refractivity contribution is 8.00. The molecule has 1 aliphatic rings. The zero-order valence-corrected chi connectivity index (χ0v) is 10.3. The summed E-state index contributed by atoms with van der Waals surface area (Å²) in [7, 11) is 0. The second-order valence-corrected chi connectivity index (χ2v) is 5.87. The van der Waals surface area contributed by atoms with Crippen molar-refractivity contribution in [1.82, 2.24) is 9.38 Å². The number of aryl methyl sites for hydroxylation is 1. The number of imidazole rings is 1. The molecule has 1 aliphatic heterocycles. The Bertz CT molecular complexity index is 498. The molecule has 16 heavy (non-hydrogen) atoms. The van der Waals surface area contributed by atoms with E-state index in [0.29, 0.717) is 0 Å². The number of thioether (sulfide) groups is 1. The van der Waals surface area contributed by atoms with Crippen molar-refractivity contribution >= 4 is 17.3 Å². The third-order valence-corrected chi connectivity index (χ3v) is 4.69. The Labute approximate surface area is 100 Å². The second-order valence-electron chi connectivity index (χ2n) is 4.46. The number of aromatic nitrogens is 2. The van der Waals surface area contributed by atoms with E-state index >= 15 is 0 Å². The molecule has 0 saturated carbocycles. The third kappa shape index (κ3) is 1.73. The molecule has 1 unspecified atom stereocenters. The van der Waals surface area contributed by atoms with Crippen LogP contribution in [0.25, 0.3) is 5.52 Å². The van der Waals surface area contributed by atoms with Gasteiger partial charge in [-0.3, -0.25) is 0 Å². The highest BCUT2D eigenvalue weighted by Crippen LogP contribution is 2.29. The first-order chi connectivity index (χ1) is 7.84. The van der Waals surface area contributed by atoms with Gasteiger partial charge in [0, 0.05) is 17.9 Å². The molecule has 0 amide bonds. The van der Waals surface area contributed by atoms with Gasteiger partial charge in [-0.2, -0.15) is 11.8 Å². The predicted molar refractivity (Wildman–Crippen MR) is 69.1 cm³/mol. The second kappa shape index (κ2) is 4.13. The fourth-order valence-electron chi connectivity index (χ4n) is 2.38. The van der Waals surface area contributed by atoms with E-state index in [2.05, 4.69) is 46.4 Å². The first kappa shape index (κ1) is 10.2. The zero-order chi connectivity index (χ0) is 11.0. The average Bonchev–Trinajstić information content (AvgIpc) is 2.90. The van der Waals surface area contributed by atoms with Gasteiger partial charge in [0.1, 0.15) is 5.82 Å². The van der Waals surface area contributed by atoms with Crippen LogP contribution >= 0.6 is 11.8 Å². The van der Waals surface area contributed by atoms with Crippen LogP contribution in [-0.2, 0) is 6.42 Å². The van der Waals surface area contributed by atoms with E-state index in [1.54, 1.807) is 0 Å². The Morgan fingerprint density at radius 3 is 3.31 bits per heavy atom. The van der Waals surface area contributed by atoms with E-state index in [9.17, 15) is 0 Å². The van der Waals surface area contributed by atoms with Gasteiger partial charge in [-0.1, -0.05) is 6.07 Å². The van der Waals surface area contributed by atoms with Crippen molar-refractivity contribution in [2.24, 2.45) is 0 Å². The molecule has 3 heteroatoms. The fourth-order valence-corrected chi connectivity index (χ4v) is 3.64. The van der Waals surface area contributed by atoms with Crippen molar-refractivity contribution in [3.8, 4) is 0 Å². The average molecular weight is 232 g/mol. The van der Waals surface area contributed by atoms with Crippen molar-refractivity contribution in [3.05, 3.63) is 35.9 Å². The smallest absolute Gasteiger partial charge is 0.114 e. The van der Waals surface area contributed by atoms with Gasteiger partial charge in [0.2, 0.25) is 0 Å². The minimum absolute atomic E-state index is 0.783. The zero-order valence-electron chi connectivity index (χ0n) is 9.52. The van der Waals surface area contributed by atoms with E-state index in [1.165, 1.54) is 35.5 Å². The molecule has 0 spiro atoms. The van der Waals surface area contributed by atoms with Gasteiger partial charge in [-0.05, 0) is 37.1 Å². The van der Waals surface area contributed by atoms with Crippen LogP contribution in [0, 0.1) is 6.92 Å². The third-order valence-electron chi connectivity index (χ3n) is 3.29. The molecular formula is C13H16N2S. The SMILES string of the molecule is Cc1cccn2c(CC3CCCS3)ncc12. The molecular weight excluding hydrogens is 216 g/mol. The highest BCUT2D eigenvalue weighted by atomic mass is 32.2. The van der Waals surface area contributed by atoms with Crippen LogP contribution in [0.15, 0.2) is 24.5 Å². The molecule has 0 bridgehead atoms. The van der Waals surface area contributed by atoms with Crippen molar-refractivity contribution < 1.29 is 0 Å². The van der Waals surface area contributed by atoms with Crippen molar-refractivity contribution in [3.63, 3.8) is 0 Å². The molecule has 84 valence electrons. The largest absolute Gasteiger partial charge is 0.303 e. The van der Waals surface area contributed by atoms with Gasteiger partial charge in [0.15, 0.2) is 0 Å². The van der Waals surface area contributed by atoms with E-state index in [1.807, 2.05) is 6.20 Å². The molecule has 1 atom stereocenters. The summed E-state index contributed by atoms with van der Waals surface area (Å²) < 4.78 is 2.24. The summed E-state index contributed by atoms with van der Waals surface area (Å²) in [5.74, 6) is 2.55. The van der Waals surface area contributed by atoms with Crippen molar-refractivity contribution in [2.45, 2.75) is 31.4 Å². The number of hydrogen-bond donors (Lipinski definition) is 0. The molecule has 2 aromatic heterocycles. The van der Waals surface area contributed by atoms with Crippen LogP contribution in [0.4, 0.5) is 0 Å². The monoisotopic (exact) mass is 232 g/mol.